The minimum Gasteiger partial charge on any atom is -0.493 e. The van der Waals surface area contributed by atoms with Crippen LogP contribution in [0.25, 0.3) is 0 Å². The predicted octanol–water partition coefficient (Wildman–Crippen LogP) is 2.02. The molecule has 5 nitrogen and oxygen atoms in total. The van der Waals surface area contributed by atoms with E-state index in [9.17, 15) is 5.11 Å². The number of nitrogens with zero attached hydrogens (tertiary/aromatic N) is 2. The van der Waals surface area contributed by atoms with E-state index in [0.717, 1.165) is 5.56 Å². The summed E-state index contributed by atoms with van der Waals surface area (Å²) in [5.41, 5.74) is 0.802. The highest BCUT2D eigenvalue weighted by Crippen LogP contribution is 2.30. The minimum absolute atomic E-state index is 0.506. The molecule has 2 aromatic rings. The van der Waals surface area contributed by atoms with Crippen molar-refractivity contribution in [3.63, 3.8) is 0 Å². The Bertz CT molecular complexity index is 509. The quantitative estimate of drug-likeness (QED) is 0.865. The van der Waals surface area contributed by atoms with Gasteiger partial charge >= 0.3 is 0 Å². The van der Waals surface area contributed by atoms with Gasteiger partial charge in [-0.25, -0.2) is 0 Å². The van der Waals surface area contributed by atoms with E-state index in [0.29, 0.717) is 24.7 Å². The summed E-state index contributed by atoms with van der Waals surface area (Å²) in [6.07, 6.45) is 3.10. The van der Waals surface area contributed by atoms with E-state index in [4.69, 9.17) is 9.47 Å². The van der Waals surface area contributed by atoms with Crippen molar-refractivity contribution < 1.29 is 14.6 Å². The third-order valence-electron chi connectivity index (χ3n) is 2.81. The van der Waals surface area contributed by atoms with E-state index in [-0.39, 0.29) is 0 Å². The van der Waals surface area contributed by atoms with Gasteiger partial charge in [0.2, 0.25) is 0 Å². The minimum atomic E-state index is -0.521. The van der Waals surface area contributed by atoms with Crippen molar-refractivity contribution >= 4 is 0 Å². The fraction of sp³-hybridized carbons (Fsp3) is 0.357. The molecule has 0 radical (unpaired) electrons. The zero-order valence-electron chi connectivity index (χ0n) is 11.1. The third-order valence-corrected chi connectivity index (χ3v) is 2.81. The summed E-state index contributed by atoms with van der Waals surface area (Å²) in [6, 6.07) is 7.30. The second-order valence-corrected chi connectivity index (χ2v) is 4.20. The number of rotatable bonds is 6. The molecule has 0 bridgehead atoms. The van der Waals surface area contributed by atoms with E-state index in [1.54, 1.807) is 31.0 Å². The molecule has 0 aliphatic rings. The zero-order valence-corrected chi connectivity index (χ0v) is 11.1. The van der Waals surface area contributed by atoms with E-state index in [1.165, 1.54) is 0 Å². The molecule has 1 N–H and O–H groups in total. The van der Waals surface area contributed by atoms with E-state index < -0.39 is 6.10 Å². The van der Waals surface area contributed by atoms with Crippen LogP contribution in [0.5, 0.6) is 11.5 Å². The van der Waals surface area contributed by atoms with Crippen LogP contribution in [0.2, 0.25) is 0 Å². The molecule has 0 spiro atoms. The second-order valence-electron chi connectivity index (χ2n) is 4.20. The SMILES string of the molecule is COc1cc([C@H](C)O)ccc1OCCn1cccn1. The highest BCUT2D eigenvalue weighted by atomic mass is 16.5. The fourth-order valence-electron chi connectivity index (χ4n) is 1.75. The lowest BCUT2D eigenvalue weighted by molar-refractivity contribution is 0.198. The normalized spacial score (nSPS) is 12.2. The standard InChI is InChI=1S/C14H18N2O3/c1-11(17)12-4-5-13(14(10-12)18-2)19-9-8-16-7-3-6-15-16/h3-7,10-11,17H,8-9H2,1-2H3/t11-/m0/s1. The van der Waals surface area contributed by atoms with Gasteiger partial charge in [-0.05, 0) is 30.7 Å². The van der Waals surface area contributed by atoms with Gasteiger partial charge in [0.05, 0.1) is 19.8 Å². The van der Waals surface area contributed by atoms with Crippen LogP contribution in [0.4, 0.5) is 0 Å². The van der Waals surface area contributed by atoms with Gasteiger partial charge in [-0.3, -0.25) is 4.68 Å². The number of aromatic nitrogens is 2. The largest absolute Gasteiger partial charge is 0.493 e. The first kappa shape index (κ1) is 13.4. The lowest BCUT2D eigenvalue weighted by Crippen LogP contribution is -2.09. The number of aliphatic hydroxyl groups excluding tert-OH is 1. The van der Waals surface area contributed by atoms with E-state index in [2.05, 4.69) is 5.10 Å². The highest BCUT2D eigenvalue weighted by Gasteiger charge is 2.08. The third kappa shape index (κ3) is 3.48. The lowest BCUT2D eigenvalue weighted by Gasteiger charge is -2.13. The molecule has 1 aromatic heterocycles. The molecular formula is C14H18N2O3. The van der Waals surface area contributed by atoms with Crippen molar-refractivity contribution in [1.29, 1.82) is 0 Å². The molecule has 2 rings (SSSR count). The average molecular weight is 262 g/mol. The molecular weight excluding hydrogens is 244 g/mol. The van der Waals surface area contributed by atoms with Gasteiger partial charge in [0.25, 0.3) is 0 Å². The van der Waals surface area contributed by atoms with Gasteiger partial charge in [0.15, 0.2) is 11.5 Å². The molecule has 102 valence electrons. The van der Waals surface area contributed by atoms with Crippen molar-refractivity contribution in [2.45, 2.75) is 19.6 Å². The van der Waals surface area contributed by atoms with Crippen LogP contribution in [0.15, 0.2) is 36.7 Å². The number of aliphatic hydroxyl groups is 1. The van der Waals surface area contributed by atoms with Gasteiger partial charge in [0, 0.05) is 12.4 Å². The van der Waals surface area contributed by atoms with Crippen LogP contribution in [-0.4, -0.2) is 28.6 Å². The molecule has 0 fully saturated rings. The summed E-state index contributed by atoms with van der Waals surface area (Å²) in [6.45, 7) is 2.90. The maximum absolute atomic E-state index is 9.53. The van der Waals surface area contributed by atoms with E-state index >= 15 is 0 Å². The topological polar surface area (TPSA) is 56.5 Å². The van der Waals surface area contributed by atoms with Crippen LogP contribution in [0, 0.1) is 0 Å². The van der Waals surface area contributed by atoms with Crippen LogP contribution >= 0.6 is 0 Å². The van der Waals surface area contributed by atoms with Crippen molar-refractivity contribution in [1.82, 2.24) is 9.78 Å². The van der Waals surface area contributed by atoms with Gasteiger partial charge < -0.3 is 14.6 Å². The Balaban J connectivity index is 1.99. The second kappa shape index (κ2) is 6.24. The number of hydrogen-bond donors (Lipinski definition) is 1. The van der Waals surface area contributed by atoms with Crippen LogP contribution in [-0.2, 0) is 6.54 Å². The van der Waals surface area contributed by atoms with Crippen LogP contribution < -0.4 is 9.47 Å². The van der Waals surface area contributed by atoms with Gasteiger partial charge in [0.1, 0.15) is 6.61 Å². The summed E-state index contributed by atoms with van der Waals surface area (Å²) in [5.74, 6) is 1.29. The molecule has 1 aromatic carbocycles. The summed E-state index contributed by atoms with van der Waals surface area (Å²) in [4.78, 5) is 0. The summed E-state index contributed by atoms with van der Waals surface area (Å²) < 4.78 is 12.7. The number of ether oxygens (including phenoxy) is 2. The maximum atomic E-state index is 9.53. The molecule has 0 saturated heterocycles. The Morgan fingerprint density at radius 2 is 2.21 bits per heavy atom. The molecule has 0 aliphatic carbocycles. The Kier molecular flexibility index (Phi) is 4.41. The van der Waals surface area contributed by atoms with Gasteiger partial charge in [-0.2, -0.15) is 5.10 Å². The number of benzene rings is 1. The Morgan fingerprint density at radius 1 is 1.37 bits per heavy atom. The first-order valence-electron chi connectivity index (χ1n) is 6.17. The van der Waals surface area contributed by atoms with E-state index in [1.807, 2.05) is 24.4 Å². The molecule has 1 heterocycles. The zero-order chi connectivity index (χ0) is 13.7. The van der Waals surface area contributed by atoms with Crippen molar-refractivity contribution in [2.24, 2.45) is 0 Å². The Hall–Kier alpha value is -2.01. The fourth-order valence-corrected chi connectivity index (χ4v) is 1.75. The smallest absolute Gasteiger partial charge is 0.161 e. The number of hydrogen-bond acceptors (Lipinski definition) is 4. The molecule has 0 amide bonds. The Morgan fingerprint density at radius 3 is 2.84 bits per heavy atom. The van der Waals surface area contributed by atoms with Crippen molar-refractivity contribution in [3.05, 3.63) is 42.2 Å². The van der Waals surface area contributed by atoms with Gasteiger partial charge in [-0.1, -0.05) is 6.07 Å². The first-order valence-corrected chi connectivity index (χ1v) is 6.17. The Labute approximate surface area is 112 Å². The average Bonchev–Trinajstić information content (AvgIpc) is 2.92. The summed E-state index contributed by atoms with van der Waals surface area (Å²) in [5, 5.41) is 13.6. The molecule has 0 aliphatic heterocycles. The van der Waals surface area contributed by atoms with Gasteiger partial charge in [-0.15, -0.1) is 0 Å². The van der Waals surface area contributed by atoms with Crippen molar-refractivity contribution in [3.8, 4) is 11.5 Å². The number of methoxy groups -OCH3 is 1. The summed E-state index contributed by atoms with van der Waals surface area (Å²) >= 11 is 0. The maximum Gasteiger partial charge on any atom is 0.161 e. The van der Waals surface area contributed by atoms with Crippen molar-refractivity contribution in [2.75, 3.05) is 13.7 Å². The molecule has 0 unspecified atom stereocenters. The van der Waals surface area contributed by atoms with Crippen LogP contribution in [0.3, 0.4) is 0 Å². The lowest BCUT2D eigenvalue weighted by atomic mass is 10.1. The first-order chi connectivity index (χ1) is 9.20. The van der Waals surface area contributed by atoms with Crippen LogP contribution in [0.1, 0.15) is 18.6 Å². The molecule has 5 heteroatoms. The summed E-state index contributed by atoms with van der Waals surface area (Å²) in [7, 11) is 1.58. The molecule has 1 atom stereocenters. The molecule has 0 saturated carbocycles. The molecule has 19 heavy (non-hydrogen) atoms. The highest BCUT2D eigenvalue weighted by molar-refractivity contribution is 5.43. The monoisotopic (exact) mass is 262 g/mol. The predicted molar refractivity (Wildman–Crippen MR) is 71.3 cm³/mol.